The van der Waals surface area contributed by atoms with Gasteiger partial charge < -0.3 is 14.9 Å². The fraction of sp³-hybridized carbons (Fsp3) is 0.692. The second-order valence-electron chi connectivity index (χ2n) is 5.74. The number of likely N-dealkylation sites (tertiary alicyclic amines) is 1. The molecule has 0 aliphatic carbocycles. The van der Waals surface area contributed by atoms with Crippen molar-refractivity contribution in [1.29, 1.82) is 0 Å². The van der Waals surface area contributed by atoms with Crippen molar-refractivity contribution < 1.29 is 9.90 Å². The van der Waals surface area contributed by atoms with Crippen LogP contribution >= 0.6 is 0 Å². The first-order valence-corrected chi connectivity index (χ1v) is 6.52. The Labute approximate surface area is 113 Å². The molecule has 19 heavy (non-hydrogen) atoms. The molecule has 2 heterocycles. The number of likely N-dealkylation sites (N-methyl/N-ethyl adjacent to an activating group) is 1. The molecule has 1 aliphatic heterocycles. The predicted octanol–water partition coefficient (Wildman–Crippen LogP) is -0.283. The Kier molecular flexibility index (Phi) is 3.91. The molecule has 2 rings (SSSR count). The van der Waals surface area contributed by atoms with Gasteiger partial charge in [0.25, 0.3) is 0 Å². The maximum atomic E-state index is 12.1. The highest BCUT2D eigenvalue weighted by Crippen LogP contribution is 2.22. The van der Waals surface area contributed by atoms with Gasteiger partial charge in [0.15, 0.2) is 0 Å². The van der Waals surface area contributed by atoms with Gasteiger partial charge in [-0.15, -0.1) is 0 Å². The van der Waals surface area contributed by atoms with Crippen molar-refractivity contribution in [2.24, 2.45) is 0 Å². The van der Waals surface area contributed by atoms with Crippen LogP contribution in [-0.4, -0.2) is 69.9 Å². The first-order valence-electron chi connectivity index (χ1n) is 6.52. The van der Waals surface area contributed by atoms with Gasteiger partial charge in [-0.2, -0.15) is 5.10 Å². The van der Waals surface area contributed by atoms with Gasteiger partial charge in [-0.1, -0.05) is 0 Å². The first kappa shape index (κ1) is 14.0. The number of aryl methyl sites for hydroxylation is 1. The first-order chi connectivity index (χ1) is 8.88. The molecule has 1 amide bonds. The second-order valence-corrected chi connectivity index (χ2v) is 5.74. The summed E-state index contributed by atoms with van der Waals surface area (Å²) < 4.78 is 1.64. The molecule has 6 nitrogen and oxygen atoms in total. The molecule has 0 unspecified atom stereocenters. The molecule has 6 heteroatoms. The van der Waals surface area contributed by atoms with Gasteiger partial charge in [0.05, 0.1) is 18.3 Å². The summed E-state index contributed by atoms with van der Waals surface area (Å²) >= 11 is 0. The van der Waals surface area contributed by atoms with Crippen LogP contribution in [0.3, 0.4) is 0 Å². The lowest BCUT2D eigenvalue weighted by Gasteiger charge is -2.26. The maximum Gasteiger partial charge on any atom is 0.244 e. The molecule has 0 radical (unpaired) electrons. The van der Waals surface area contributed by atoms with E-state index in [2.05, 4.69) is 5.10 Å². The van der Waals surface area contributed by atoms with Gasteiger partial charge in [-0.3, -0.25) is 9.48 Å². The zero-order valence-corrected chi connectivity index (χ0v) is 11.8. The number of rotatable bonds is 4. The van der Waals surface area contributed by atoms with Crippen molar-refractivity contribution in [2.75, 3.05) is 33.7 Å². The standard InChI is InChI=1S/C13H22N4O2/c1-11-6-14-17(7-11)8-12(18)16-5-4-13(19,10-16)9-15(2)3/h6-7,19H,4-5,8-10H2,1-3H3/t13-/m0/s1. The molecule has 1 aromatic rings. The van der Waals surface area contributed by atoms with Crippen molar-refractivity contribution in [3.63, 3.8) is 0 Å². The fourth-order valence-corrected chi connectivity index (χ4v) is 2.58. The molecular formula is C13H22N4O2. The third-order valence-corrected chi connectivity index (χ3v) is 3.36. The average molecular weight is 266 g/mol. The molecule has 1 atom stereocenters. The Bertz CT molecular complexity index is 457. The summed E-state index contributed by atoms with van der Waals surface area (Å²) in [6, 6.07) is 0. The van der Waals surface area contributed by atoms with Gasteiger partial charge >= 0.3 is 0 Å². The Morgan fingerprint density at radius 2 is 2.32 bits per heavy atom. The van der Waals surface area contributed by atoms with Crippen LogP contribution in [0.15, 0.2) is 12.4 Å². The van der Waals surface area contributed by atoms with E-state index in [1.807, 2.05) is 32.1 Å². The molecule has 0 aromatic carbocycles. The predicted molar refractivity (Wildman–Crippen MR) is 71.7 cm³/mol. The van der Waals surface area contributed by atoms with Crippen molar-refractivity contribution in [3.8, 4) is 0 Å². The normalized spacial score (nSPS) is 23.3. The maximum absolute atomic E-state index is 12.1. The zero-order valence-electron chi connectivity index (χ0n) is 11.8. The lowest BCUT2D eigenvalue weighted by atomic mass is 10.0. The smallest absolute Gasteiger partial charge is 0.244 e. The molecule has 106 valence electrons. The molecule has 1 saturated heterocycles. The Balaban J connectivity index is 1.91. The van der Waals surface area contributed by atoms with Crippen LogP contribution < -0.4 is 0 Å². The molecular weight excluding hydrogens is 244 g/mol. The number of hydrogen-bond acceptors (Lipinski definition) is 4. The lowest BCUT2D eigenvalue weighted by Crippen LogP contribution is -2.44. The monoisotopic (exact) mass is 266 g/mol. The van der Waals surface area contributed by atoms with E-state index in [0.717, 1.165) is 5.56 Å². The van der Waals surface area contributed by atoms with E-state index in [1.165, 1.54) is 0 Å². The molecule has 0 saturated carbocycles. The number of carbonyl (C=O) groups excluding carboxylic acids is 1. The van der Waals surface area contributed by atoms with E-state index >= 15 is 0 Å². The average Bonchev–Trinajstić information content (AvgIpc) is 2.84. The minimum absolute atomic E-state index is 0.0118. The Morgan fingerprint density at radius 3 is 2.89 bits per heavy atom. The van der Waals surface area contributed by atoms with Gasteiger partial charge in [-0.05, 0) is 33.0 Å². The van der Waals surface area contributed by atoms with Gasteiger partial charge in [-0.25, -0.2) is 0 Å². The third-order valence-electron chi connectivity index (χ3n) is 3.36. The zero-order chi connectivity index (χ0) is 14.0. The number of nitrogens with zero attached hydrogens (tertiary/aromatic N) is 4. The highest BCUT2D eigenvalue weighted by molar-refractivity contribution is 5.76. The molecule has 1 N–H and O–H groups in total. The number of hydrogen-bond donors (Lipinski definition) is 1. The number of carbonyl (C=O) groups is 1. The van der Waals surface area contributed by atoms with Crippen LogP contribution in [0.2, 0.25) is 0 Å². The number of amides is 1. The minimum Gasteiger partial charge on any atom is -0.387 e. The largest absolute Gasteiger partial charge is 0.387 e. The van der Waals surface area contributed by atoms with E-state index in [9.17, 15) is 9.90 Å². The van der Waals surface area contributed by atoms with Crippen molar-refractivity contribution in [1.82, 2.24) is 19.6 Å². The highest BCUT2D eigenvalue weighted by Gasteiger charge is 2.38. The SMILES string of the molecule is Cc1cnn(CC(=O)N2CC[C@](O)(CN(C)C)C2)c1. The van der Waals surface area contributed by atoms with E-state index in [0.29, 0.717) is 26.1 Å². The third kappa shape index (κ3) is 3.54. The summed E-state index contributed by atoms with van der Waals surface area (Å²) in [5.74, 6) is 0.0118. The molecule has 1 aliphatic rings. The number of aromatic nitrogens is 2. The summed E-state index contributed by atoms with van der Waals surface area (Å²) in [4.78, 5) is 15.8. The van der Waals surface area contributed by atoms with Crippen LogP contribution in [0.1, 0.15) is 12.0 Å². The topological polar surface area (TPSA) is 61.6 Å². The van der Waals surface area contributed by atoms with Gasteiger partial charge in [0.2, 0.25) is 5.91 Å². The van der Waals surface area contributed by atoms with E-state index in [1.54, 1.807) is 15.8 Å². The van der Waals surface area contributed by atoms with Gasteiger partial charge in [0.1, 0.15) is 6.54 Å². The van der Waals surface area contributed by atoms with Crippen LogP contribution in [-0.2, 0) is 11.3 Å². The lowest BCUT2D eigenvalue weighted by molar-refractivity contribution is -0.132. The summed E-state index contributed by atoms with van der Waals surface area (Å²) in [6.07, 6.45) is 4.22. The van der Waals surface area contributed by atoms with Crippen LogP contribution in [0.5, 0.6) is 0 Å². The number of aliphatic hydroxyl groups is 1. The summed E-state index contributed by atoms with van der Waals surface area (Å²) in [6.45, 7) is 3.79. The molecule has 1 fully saturated rings. The van der Waals surface area contributed by atoms with E-state index < -0.39 is 5.60 Å². The highest BCUT2D eigenvalue weighted by atomic mass is 16.3. The van der Waals surface area contributed by atoms with Crippen LogP contribution in [0.4, 0.5) is 0 Å². The molecule has 0 bridgehead atoms. The Morgan fingerprint density at radius 1 is 1.58 bits per heavy atom. The van der Waals surface area contributed by atoms with Crippen LogP contribution in [0.25, 0.3) is 0 Å². The summed E-state index contributed by atoms with van der Waals surface area (Å²) in [7, 11) is 3.85. The summed E-state index contributed by atoms with van der Waals surface area (Å²) in [5, 5.41) is 14.5. The minimum atomic E-state index is -0.779. The quantitative estimate of drug-likeness (QED) is 0.814. The van der Waals surface area contributed by atoms with Crippen molar-refractivity contribution >= 4 is 5.91 Å². The molecule has 0 spiro atoms. The van der Waals surface area contributed by atoms with Crippen molar-refractivity contribution in [2.45, 2.75) is 25.5 Å². The fourth-order valence-electron chi connectivity index (χ4n) is 2.58. The molecule has 1 aromatic heterocycles. The van der Waals surface area contributed by atoms with Gasteiger partial charge in [0, 0.05) is 19.3 Å². The summed E-state index contributed by atoms with van der Waals surface area (Å²) in [5.41, 5.74) is 0.262. The number of β-amino-alcohol motifs (C(OH)–C–C–N with tert-alkyl or cyclic N) is 1. The Hall–Kier alpha value is -1.40. The van der Waals surface area contributed by atoms with Crippen LogP contribution in [0, 0.1) is 6.92 Å². The van der Waals surface area contributed by atoms with E-state index in [4.69, 9.17) is 0 Å². The van der Waals surface area contributed by atoms with Crippen molar-refractivity contribution in [3.05, 3.63) is 18.0 Å². The second kappa shape index (κ2) is 5.30. The van der Waals surface area contributed by atoms with E-state index in [-0.39, 0.29) is 12.5 Å².